The predicted molar refractivity (Wildman–Crippen MR) is 125 cm³/mol. The molecule has 0 radical (unpaired) electrons. The van der Waals surface area contributed by atoms with Crippen LogP contribution < -0.4 is 10.5 Å². The minimum Gasteiger partial charge on any atom is -0.382 e. The fraction of sp³-hybridized carbons (Fsp3) is 0.500. The summed E-state index contributed by atoms with van der Waals surface area (Å²) in [6.45, 7) is 6.40. The Morgan fingerprint density at radius 2 is 1.84 bits per heavy atom. The van der Waals surface area contributed by atoms with Crippen LogP contribution in [-0.4, -0.2) is 40.7 Å². The molecule has 0 saturated heterocycles. The summed E-state index contributed by atoms with van der Waals surface area (Å²) in [6, 6.07) is 4.46. The van der Waals surface area contributed by atoms with Gasteiger partial charge < -0.3 is 10.3 Å². The molecule has 0 aliphatic heterocycles. The molecule has 3 N–H and O–H groups in total. The first kappa shape index (κ1) is 24.1. The fourth-order valence-electron chi connectivity index (χ4n) is 4.08. The Balaban J connectivity index is 0.00000141. The van der Waals surface area contributed by atoms with Gasteiger partial charge in [-0.05, 0) is 61.9 Å². The van der Waals surface area contributed by atoms with Crippen LogP contribution in [0.1, 0.15) is 54.8 Å². The number of aryl methyl sites for hydroxylation is 4. The fourth-order valence-corrected chi connectivity index (χ4v) is 4.80. The lowest BCUT2D eigenvalue weighted by Crippen LogP contribution is -2.23. The Morgan fingerprint density at radius 3 is 2.53 bits per heavy atom. The zero-order chi connectivity index (χ0) is 23.5. The molecule has 0 atom stereocenters. The molecule has 1 aliphatic carbocycles. The SMILES string of the molecule is CC.CNS(=O)(=O)CCCn1c(Cc2cc3c(cc2C)CCC3)nc2c(N)nc(F)nc21. The maximum atomic E-state index is 13.8. The number of hydrogen-bond acceptors (Lipinski definition) is 6. The van der Waals surface area contributed by atoms with Crippen molar-refractivity contribution < 1.29 is 12.8 Å². The van der Waals surface area contributed by atoms with Crippen molar-refractivity contribution in [3.8, 4) is 0 Å². The molecule has 1 aliphatic rings. The minimum absolute atomic E-state index is 0.0222. The van der Waals surface area contributed by atoms with Crippen LogP contribution in [0.5, 0.6) is 0 Å². The molecule has 2 aromatic heterocycles. The molecule has 3 aromatic rings. The maximum Gasteiger partial charge on any atom is 0.312 e. The number of aromatic nitrogens is 4. The summed E-state index contributed by atoms with van der Waals surface area (Å²) >= 11 is 0. The number of hydrogen-bond donors (Lipinski definition) is 2. The number of halogens is 1. The third-order valence-corrected chi connectivity index (χ3v) is 7.13. The number of imidazole rings is 1. The summed E-state index contributed by atoms with van der Waals surface area (Å²) in [5.74, 6) is 0.592. The van der Waals surface area contributed by atoms with Crippen molar-refractivity contribution in [3.05, 3.63) is 46.3 Å². The second kappa shape index (κ2) is 9.91. The molecule has 0 unspecified atom stereocenters. The Morgan fingerprint density at radius 1 is 1.16 bits per heavy atom. The Hall–Kier alpha value is -2.59. The average molecular weight is 463 g/mol. The molecule has 4 rings (SSSR count). The summed E-state index contributed by atoms with van der Waals surface area (Å²) in [5, 5.41) is 0. The number of anilines is 1. The Kier molecular flexibility index (Phi) is 7.45. The van der Waals surface area contributed by atoms with Gasteiger partial charge in [-0.3, -0.25) is 0 Å². The average Bonchev–Trinajstić information content (AvgIpc) is 3.34. The van der Waals surface area contributed by atoms with Crippen LogP contribution in [0.15, 0.2) is 12.1 Å². The van der Waals surface area contributed by atoms with E-state index < -0.39 is 16.1 Å². The van der Waals surface area contributed by atoms with Crippen molar-refractivity contribution in [2.45, 2.75) is 59.4 Å². The first-order valence-electron chi connectivity index (χ1n) is 11.0. The van der Waals surface area contributed by atoms with Gasteiger partial charge in [0.15, 0.2) is 17.0 Å². The van der Waals surface area contributed by atoms with Gasteiger partial charge >= 0.3 is 6.08 Å². The number of nitrogens with one attached hydrogen (secondary N) is 1. The van der Waals surface area contributed by atoms with Crippen molar-refractivity contribution in [2.24, 2.45) is 0 Å². The van der Waals surface area contributed by atoms with Crippen LogP contribution in [0.25, 0.3) is 11.2 Å². The second-order valence-electron chi connectivity index (χ2n) is 7.68. The normalized spacial score (nSPS) is 13.2. The zero-order valence-corrected chi connectivity index (χ0v) is 19.9. The molecule has 2 heterocycles. The highest BCUT2D eigenvalue weighted by Gasteiger charge is 2.20. The number of nitrogens with two attached hydrogens (primary N) is 1. The summed E-state index contributed by atoms with van der Waals surface area (Å²) in [5.41, 5.74) is 11.6. The molecule has 0 amide bonds. The lowest BCUT2D eigenvalue weighted by atomic mass is 9.98. The number of rotatable bonds is 7. The molecular weight excluding hydrogens is 431 g/mol. The largest absolute Gasteiger partial charge is 0.382 e. The van der Waals surface area contributed by atoms with Crippen molar-refractivity contribution in [3.63, 3.8) is 0 Å². The molecule has 0 fully saturated rings. The van der Waals surface area contributed by atoms with E-state index in [1.54, 1.807) is 4.57 Å². The standard InChI is InChI=1S/C20H25FN6O2S.C2H6/c1-12-9-13-5-3-6-14(13)10-15(12)11-16-24-17-18(22)25-20(21)26-19(17)27(16)7-4-8-30(28,29)23-2;1-2/h9-10,23H,3-8,11H2,1-2H3,(H2,22,25,26);1-2H3. The predicted octanol–water partition coefficient (Wildman–Crippen LogP) is 2.90. The zero-order valence-electron chi connectivity index (χ0n) is 19.1. The molecule has 32 heavy (non-hydrogen) atoms. The van der Waals surface area contributed by atoms with Gasteiger partial charge in [0.1, 0.15) is 5.82 Å². The van der Waals surface area contributed by atoms with Gasteiger partial charge in [-0.2, -0.15) is 14.4 Å². The summed E-state index contributed by atoms with van der Waals surface area (Å²) in [6.07, 6.45) is 3.28. The van der Waals surface area contributed by atoms with Crippen molar-refractivity contribution in [1.29, 1.82) is 0 Å². The number of fused-ring (bicyclic) bond motifs is 2. The third kappa shape index (κ3) is 5.07. The molecule has 8 nitrogen and oxygen atoms in total. The molecule has 0 saturated carbocycles. The van der Waals surface area contributed by atoms with E-state index in [0.29, 0.717) is 30.7 Å². The monoisotopic (exact) mass is 462 g/mol. The molecule has 10 heteroatoms. The highest BCUT2D eigenvalue weighted by molar-refractivity contribution is 7.89. The van der Waals surface area contributed by atoms with Gasteiger partial charge in [-0.25, -0.2) is 18.1 Å². The first-order chi connectivity index (χ1) is 15.3. The van der Waals surface area contributed by atoms with E-state index in [1.165, 1.54) is 30.2 Å². The van der Waals surface area contributed by atoms with Gasteiger partial charge in [0.25, 0.3) is 0 Å². The molecule has 1 aromatic carbocycles. The van der Waals surface area contributed by atoms with Gasteiger partial charge in [0.2, 0.25) is 10.0 Å². The number of nitrogens with zero attached hydrogens (tertiary/aromatic N) is 4. The summed E-state index contributed by atoms with van der Waals surface area (Å²) in [4.78, 5) is 12.1. The number of sulfonamides is 1. The van der Waals surface area contributed by atoms with Crippen molar-refractivity contribution >= 4 is 27.0 Å². The van der Waals surface area contributed by atoms with Gasteiger partial charge in [-0.1, -0.05) is 26.0 Å². The van der Waals surface area contributed by atoms with Crippen LogP contribution in [0.3, 0.4) is 0 Å². The Labute approximate surface area is 188 Å². The molecule has 174 valence electrons. The van der Waals surface area contributed by atoms with E-state index >= 15 is 0 Å². The molecular formula is C22H31FN6O2S. The second-order valence-corrected chi connectivity index (χ2v) is 9.73. The van der Waals surface area contributed by atoms with E-state index in [0.717, 1.165) is 18.4 Å². The summed E-state index contributed by atoms with van der Waals surface area (Å²) in [7, 11) is -1.96. The third-order valence-electron chi connectivity index (χ3n) is 5.68. The Bertz CT molecular complexity index is 1220. The molecule has 0 spiro atoms. The van der Waals surface area contributed by atoms with E-state index in [1.807, 2.05) is 13.8 Å². The van der Waals surface area contributed by atoms with E-state index in [4.69, 9.17) is 5.73 Å². The lowest BCUT2D eigenvalue weighted by molar-refractivity contribution is 0.540. The van der Waals surface area contributed by atoms with Crippen LogP contribution in [0.4, 0.5) is 10.2 Å². The van der Waals surface area contributed by atoms with Crippen LogP contribution in [0.2, 0.25) is 0 Å². The van der Waals surface area contributed by atoms with E-state index in [2.05, 4.69) is 38.7 Å². The van der Waals surface area contributed by atoms with Gasteiger partial charge in [0.05, 0.1) is 5.75 Å². The van der Waals surface area contributed by atoms with Crippen molar-refractivity contribution in [2.75, 3.05) is 18.5 Å². The first-order valence-corrected chi connectivity index (χ1v) is 12.6. The number of benzene rings is 1. The summed E-state index contributed by atoms with van der Waals surface area (Å²) < 4.78 is 41.5. The van der Waals surface area contributed by atoms with Gasteiger partial charge in [0, 0.05) is 13.0 Å². The van der Waals surface area contributed by atoms with Crippen LogP contribution in [-0.2, 0) is 35.8 Å². The lowest BCUT2D eigenvalue weighted by Gasteiger charge is -2.12. The highest BCUT2D eigenvalue weighted by atomic mass is 32.2. The van der Waals surface area contributed by atoms with Crippen LogP contribution >= 0.6 is 0 Å². The quantitative estimate of drug-likeness (QED) is 0.522. The smallest absolute Gasteiger partial charge is 0.312 e. The van der Waals surface area contributed by atoms with E-state index in [9.17, 15) is 12.8 Å². The number of nitrogen functional groups attached to an aromatic ring is 1. The van der Waals surface area contributed by atoms with Crippen molar-refractivity contribution in [1.82, 2.24) is 24.2 Å². The maximum absolute atomic E-state index is 13.8. The molecule has 0 bridgehead atoms. The minimum atomic E-state index is -3.34. The van der Waals surface area contributed by atoms with Crippen LogP contribution in [0, 0.1) is 13.0 Å². The highest BCUT2D eigenvalue weighted by Crippen LogP contribution is 2.28. The van der Waals surface area contributed by atoms with Gasteiger partial charge in [-0.15, -0.1) is 0 Å². The topological polar surface area (TPSA) is 116 Å². The van der Waals surface area contributed by atoms with E-state index in [-0.39, 0.29) is 17.2 Å².